The van der Waals surface area contributed by atoms with Gasteiger partial charge in [0.05, 0.1) is 11.2 Å². The zero-order valence-corrected chi connectivity index (χ0v) is 29.3. The maximum absolute atomic E-state index is 5.51. The van der Waals surface area contributed by atoms with Crippen molar-refractivity contribution in [3.8, 4) is 0 Å². The smallest absolute Gasteiger partial charge is 0.173 e. The first-order valence-corrected chi connectivity index (χ1v) is 18.0. The van der Waals surface area contributed by atoms with Crippen molar-refractivity contribution >= 4 is 17.3 Å². The van der Waals surface area contributed by atoms with E-state index in [4.69, 9.17) is 9.98 Å². The topological polar surface area (TPSA) is 47.0 Å². The minimum atomic E-state index is -0.653. The normalized spacial score (nSPS) is 33.2. The molecule has 248 valence electrons. The lowest BCUT2D eigenvalue weighted by Gasteiger charge is -2.57. The maximum Gasteiger partial charge on any atom is 0.173 e. The Morgan fingerprint density at radius 2 is 1.71 bits per heavy atom. The molecule has 3 aliphatic heterocycles. The Balaban J connectivity index is 1.28. The van der Waals surface area contributed by atoms with E-state index in [1.807, 2.05) is 12.3 Å². The van der Waals surface area contributed by atoms with Crippen molar-refractivity contribution < 1.29 is 0 Å². The summed E-state index contributed by atoms with van der Waals surface area (Å²) >= 11 is 0. The number of pyridine rings is 1. The van der Waals surface area contributed by atoms with Crippen LogP contribution in [0.3, 0.4) is 0 Å². The molecule has 6 nitrogen and oxygen atoms in total. The molecule has 0 spiro atoms. The summed E-state index contributed by atoms with van der Waals surface area (Å²) in [6.45, 7) is 9.63. The van der Waals surface area contributed by atoms with E-state index in [2.05, 4.69) is 158 Å². The predicted molar refractivity (Wildman–Crippen MR) is 199 cm³/mol. The molecule has 0 radical (unpaired) electrons. The quantitative estimate of drug-likeness (QED) is 0.306. The van der Waals surface area contributed by atoms with Crippen molar-refractivity contribution in [1.29, 1.82) is 0 Å². The van der Waals surface area contributed by atoms with E-state index in [1.54, 1.807) is 0 Å². The molecule has 2 aromatic carbocycles. The molecule has 1 aromatic heterocycles. The molecular formula is C43H46N6. The van der Waals surface area contributed by atoms with Crippen LogP contribution in [0.5, 0.6) is 0 Å². The molecule has 9 rings (SSSR count). The highest BCUT2D eigenvalue weighted by molar-refractivity contribution is 5.99. The predicted octanol–water partition coefficient (Wildman–Crippen LogP) is 9.12. The van der Waals surface area contributed by atoms with Gasteiger partial charge in [-0.05, 0) is 106 Å². The van der Waals surface area contributed by atoms with Gasteiger partial charge in [0.1, 0.15) is 17.8 Å². The third kappa shape index (κ3) is 4.22. The van der Waals surface area contributed by atoms with Gasteiger partial charge >= 0.3 is 0 Å². The van der Waals surface area contributed by atoms with Crippen molar-refractivity contribution in [3.05, 3.63) is 149 Å². The van der Waals surface area contributed by atoms with Gasteiger partial charge in [0.15, 0.2) is 5.79 Å². The van der Waals surface area contributed by atoms with Gasteiger partial charge < -0.3 is 15.1 Å². The average Bonchev–Trinajstić information content (AvgIpc) is 3.56. The minimum Gasteiger partial charge on any atom is -0.335 e. The molecule has 1 N–H and O–H groups in total. The number of fused-ring (bicyclic) bond motifs is 6. The average molecular weight is 647 g/mol. The Labute approximate surface area is 290 Å². The largest absolute Gasteiger partial charge is 0.335 e. The van der Waals surface area contributed by atoms with Gasteiger partial charge in [-0.2, -0.15) is 0 Å². The number of aliphatic imine (C=N–C) groups is 1. The van der Waals surface area contributed by atoms with Gasteiger partial charge in [-0.25, -0.2) is 14.9 Å². The summed E-state index contributed by atoms with van der Waals surface area (Å²) in [4.78, 5) is 18.2. The van der Waals surface area contributed by atoms with Crippen LogP contribution >= 0.6 is 0 Å². The lowest BCUT2D eigenvalue weighted by atomic mass is 9.69. The Bertz CT molecular complexity index is 2010. The summed E-state index contributed by atoms with van der Waals surface area (Å²) in [5.74, 6) is 2.18. The fourth-order valence-electron chi connectivity index (χ4n) is 9.54. The van der Waals surface area contributed by atoms with Crippen molar-refractivity contribution in [1.82, 2.24) is 20.1 Å². The van der Waals surface area contributed by atoms with E-state index >= 15 is 0 Å². The van der Waals surface area contributed by atoms with E-state index in [9.17, 15) is 0 Å². The van der Waals surface area contributed by atoms with Crippen LogP contribution in [-0.2, 0) is 0 Å². The fraction of sp³-hybridized carbons (Fsp3) is 0.349. The molecule has 6 unspecified atom stereocenters. The highest BCUT2D eigenvalue weighted by atomic mass is 15.6. The third-order valence-electron chi connectivity index (χ3n) is 12.4. The first kappa shape index (κ1) is 30.4. The second kappa shape index (κ2) is 10.9. The number of benzene rings is 2. The number of hydrogen-bond acceptors (Lipinski definition) is 6. The van der Waals surface area contributed by atoms with Crippen LogP contribution in [0.2, 0.25) is 0 Å². The Kier molecular flexibility index (Phi) is 6.77. The van der Waals surface area contributed by atoms with Crippen molar-refractivity contribution in [2.24, 2.45) is 16.3 Å². The number of rotatable bonds is 4. The molecule has 0 saturated carbocycles. The summed E-state index contributed by atoms with van der Waals surface area (Å²) in [5, 5.41) is 4.14. The summed E-state index contributed by atoms with van der Waals surface area (Å²) in [6, 6.07) is 26.0. The van der Waals surface area contributed by atoms with Crippen LogP contribution in [-0.4, -0.2) is 39.0 Å². The van der Waals surface area contributed by atoms with Gasteiger partial charge in [-0.3, -0.25) is 0 Å². The number of allylic oxidation sites excluding steroid dienone is 6. The summed E-state index contributed by atoms with van der Waals surface area (Å²) in [7, 11) is 2.25. The first-order chi connectivity index (χ1) is 23.7. The number of aromatic nitrogens is 1. The van der Waals surface area contributed by atoms with Gasteiger partial charge in [-0.1, -0.05) is 91.9 Å². The number of nitrogens with one attached hydrogen (secondary N) is 1. The molecule has 4 heterocycles. The molecule has 6 heteroatoms. The molecule has 0 fully saturated rings. The van der Waals surface area contributed by atoms with Crippen LogP contribution < -0.4 is 10.2 Å². The SMILES string of the molecule is CC1CC=C(C2=NC(c3ccccc3)N(C)C(C)(N3C4=CC=CCC4(C)C4=C3C3(C)C(C=C4)c4ccccc4N3c3ccccn3)N2)CC1. The number of para-hydroxylation sites is 1. The van der Waals surface area contributed by atoms with E-state index < -0.39 is 11.3 Å². The molecular weight excluding hydrogens is 601 g/mol. The number of hydrogen-bond donors (Lipinski definition) is 1. The van der Waals surface area contributed by atoms with E-state index in [-0.39, 0.29) is 17.5 Å². The Morgan fingerprint density at radius 3 is 2.49 bits per heavy atom. The monoisotopic (exact) mass is 646 g/mol. The number of anilines is 2. The molecule has 6 atom stereocenters. The fourth-order valence-corrected chi connectivity index (χ4v) is 9.54. The molecule has 0 bridgehead atoms. The highest BCUT2D eigenvalue weighted by Gasteiger charge is 2.64. The Morgan fingerprint density at radius 1 is 0.918 bits per heavy atom. The second-order valence-electron chi connectivity index (χ2n) is 15.3. The van der Waals surface area contributed by atoms with Crippen LogP contribution in [0.1, 0.15) is 76.6 Å². The number of amidine groups is 1. The maximum atomic E-state index is 5.51. The standard InChI is InChI=1S/C43H46N6/c1-29-21-23-30(24-22-29)39-45-40(31-15-7-6-8-16-31)47(5)43(4,46-39)49-36-19-11-13-27-41(36,2)34-26-25-33-32-17-9-10-18-35(32)48(42(33,3)38(34)49)37-20-12-14-28-44-37/h6-20,23,25-26,28-29,33,40H,21-22,24,27H2,1-5H3,(H,45,46). The van der Waals surface area contributed by atoms with Crippen LogP contribution in [0.4, 0.5) is 11.5 Å². The van der Waals surface area contributed by atoms with Crippen molar-refractivity contribution in [2.75, 3.05) is 11.9 Å². The third-order valence-corrected chi connectivity index (χ3v) is 12.4. The Hall–Kier alpha value is -4.68. The molecule has 0 amide bonds. The van der Waals surface area contributed by atoms with Crippen molar-refractivity contribution in [3.63, 3.8) is 0 Å². The van der Waals surface area contributed by atoms with Gasteiger partial charge in [-0.15, -0.1) is 0 Å². The molecule has 3 aromatic rings. The summed E-state index contributed by atoms with van der Waals surface area (Å²) in [6.07, 6.45) is 20.4. The molecule has 0 saturated heterocycles. The lowest BCUT2D eigenvalue weighted by Crippen LogP contribution is -2.71. The molecule has 49 heavy (non-hydrogen) atoms. The minimum absolute atomic E-state index is 0.141. The zero-order valence-electron chi connectivity index (χ0n) is 29.3. The highest BCUT2D eigenvalue weighted by Crippen LogP contribution is 2.65. The van der Waals surface area contributed by atoms with Gasteiger partial charge in [0, 0.05) is 28.9 Å². The summed E-state index contributed by atoms with van der Waals surface area (Å²) in [5.41, 5.74) is 8.50. The molecule has 6 aliphatic rings. The molecule has 3 aliphatic carbocycles. The number of nitrogens with zero attached hydrogens (tertiary/aromatic N) is 5. The summed E-state index contributed by atoms with van der Waals surface area (Å²) < 4.78 is 0. The van der Waals surface area contributed by atoms with Crippen LogP contribution in [0, 0.1) is 11.3 Å². The van der Waals surface area contributed by atoms with E-state index in [0.29, 0.717) is 5.92 Å². The lowest BCUT2D eigenvalue weighted by molar-refractivity contribution is -0.0448. The van der Waals surface area contributed by atoms with E-state index in [0.717, 1.165) is 30.9 Å². The first-order valence-electron chi connectivity index (χ1n) is 18.0. The second-order valence-corrected chi connectivity index (χ2v) is 15.3. The zero-order chi connectivity index (χ0) is 33.5. The van der Waals surface area contributed by atoms with Gasteiger partial charge in [0.25, 0.3) is 0 Å². The van der Waals surface area contributed by atoms with E-state index in [1.165, 1.54) is 45.8 Å². The van der Waals surface area contributed by atoms with Gasteiger partial charge in [0.2, 0.25) is 0 Å². The van der Waals surface area contributed by atoms with Crippen molar-refractivity contribution in [2.45, 2.75) is 76.8 Å². The van der Waals surface area contributed by atoms with Crippen LogP contribution in [0.15, 0.2) is 143 Å². The van der Waals surface area contributed by atoms with Crippen LogP contribution in [0.25, 0.3) is 0 Å².